The van der Waals surface area contributed by atoms with E-state index in [9.17, 15) is 18.0 Å². The van der Waals surface area contributed by atoms with E-state index in [4.69, 9.17) is 4.74 Å². The number of hydrogen-bond donors (Lipinski definition) is 1. The zero-order chi connectivity index (χ0) is 26.5. The van der Waals surface area contributed by atoms with Crippen LogP contribution in [0.25, 0.3) is 0 Å². The summed E-state index contributed by atoms with van der Waals surface area (Å²) in [5, 5.41) is 3.54. The molecule has 0 saturated carbocycles. The van der Waals surface area contributed by atoms with E-state index in [0.29, 0.717) is 31.1 Å². The molecule has 3 aliphatic rings. The van der Waals surface area contributed by atoms with Gasteiger partial charge in [0, 0.05) is 68.8 Å². The summed E-state index contributed by atoms with van der Waals surface area (Å²) in [5.41, 5.74) is 2.12. The van der Waals surface area contributed by atoms with Gasteiger partial charge in [-0.25, -0.2) is 0 Å². The number of carbonyl (C=O) groups excluding carboxylic acids is 1. The molecule has 4 heterocycles. The molecule has 2 unspecified atom stereocenters. The fourth-order valence-electron chi connectivity index (χ4n) is 5.73. The molecule has 1 N–H and O–H groups in total. The van der Waals surface area contributed by atoms with Crippen LogP contribution in [0.3, 0.4) is 0 Å². The van der Waals surface area contributed by atoms with Gasteiger partial charge in [-0.05, 0) is 60.6 Å². The van der Waals surface area contributed by atoms with E-state index in [-0.39, 0.29) is 23.7 Å². The molecule has 3 atom stereocenters. The van der Waals surface area contributed by atoms with Crippen molar-refractivity contribution in [3.8, 4) is 0 Å². The highest BCUT2D eigenvalue weighted by Crippen LogP contribution is 2.33. The molecule has 1 amide bonds. The van der Waals surface area contributed by atoms with Gasteiger partial charge < -0.3 is 10.1 Å². The lowest BCUT2D eigenvalue weighted by Gasteiger charge is -2.29. The van der Waals surface area contributed by atoms with E-state index < -0.39 is 11.7 Å². The second-order valence-electron chi connectivity index (χ2n) is 10.5. The number of amides is 1. The van der Waals surface area contributed by atoms with E-state index in [2.05, 4.69) is 21.3 Å². The van der Waals surface area contributed by atoms with Crippen LogP contribution in [0.1, 0.15) is 41.5 Å². The number of pyridine rings is 1. The van der Waals surface area contributed by atoms with Gasteiger partial charge in [-0.15, -0.1) is 0 Å². The lowest BCUT2D eigenvalue weighted by Crippen LogP contribution is -2.47. The quantitative estimate of drug-likeness (QED) is 0.562. The first-order valence-electron chi connectivity index (χ1n) is 13.4. The lowest BCUT2D eigenvalue weighted by atomic mass is 9.97. The van der Waals surface area contributed by atoms with E-state index in [0.717, 1.165) is 68.5 Å². The Hall–Kier alpha value is -2.14. The third kappa shape index (κ3) is 7.08. The molecule has 2 fully saturated rings. The van der Waals surface area contributed by atoms with Crippen molar-refractivity contribution < 1.29 is 22.7 Å². The lowest BCUT2D eigenvalue weighted by molar-refractivity contribution is -0.137. The SMILES string of the molecule is O=C(CN1CCc2ccc(C(F)(F)F)cc2C1)NC1CN(C2CCCOCC2)C[C@@H]1SCc1cccnc1. The summed E-state index contributed by atoms with van der Waals surface area (Å²) < 4.78 is 45.3. The molecule has 0 radical (unpaired) electrons. The molecular weight excluding hydrogens is 513 g/mol. The van der Waals surface area contributed by atoms with Crippen molar-refractivity contribution in [3.05, 3.63) is 65.0 Å². The monoisotopic (exact) mass is 548 g/mol. The Morgan fingerprint density at radius 3 is 2.87 bits per heavy atom. The van der Waals surface area contributed by atoms with Crippen LogP contribution in [0.2, 0.25) is 0 Å². The van der Waals surface area contributed by atoms with Crippen molar-refractivity contribution in [2.75, 3.05) is 39.4 Å². The molecule has 3 aliphatic heterocycles. The van der Waals surface area contributed by atoms with E-state index in [1.165, 1.54) is 6.07 Å². The Morgan fingerprint density at radius 2 is 2.05 bits per heavy atom. The van der Waals surface area contributed by atoms with Crippen molar-refractivity contribution in [2.45, 2.75) is 61.5 Å². The van der Waals surface area contributed by atoms with E-state index in [1.54, 1.807) is 12.3 Å². The molecule has 5 rings (SSSR count). The summed E-state index contributed by atoms with van der Waals surface area (Å²) in [4.78, 5) is 21.9. The summed E-state index contributed by atoms with van der Waals surface area (Å²) >= 11 is 1.85. The van der Waals surface area contributed by atoms with Crippen LogP contribution in [0.15, 0.2) is 42.7 Å². The van der Waals surface area contributed by atoms with Crippen molar-refractivity contribution in [2.24, 2.45) is 0 Å². The van der Waals surface area contributed by atoms with Crippen LogP contribution in [-0.2, 0) is 34.4 Å². The molecule has 2 aromatic rings. The third-order valence-corrected chi connectivity index (χ3v) is 9.16. The molecule has 10 heteroatoms. The molecule has 0 spiro atoms. The Kier molecular flexibility index (Phi) is 8.92. The van der Waals surface area contributed by atoms with Crippen molar-refractivity contribution >= 4 is 17.7 Å². The fraction of sp³-hybridized carbons (Fsp3) is 0.571. The molecule has 0 bridgehead atoms. The van der Waals surface area contributed by atoms with Crippen LogP contribution < -0.4 is 5.32 Å². The van der Waals surface area contributed by atoms with Gasteiger partial charge in [0.2, 0.25) is 5.91 Å². The van der Waals surface area contributed by atoms with Crippen LogP contribution in [0.5, 0.6) is 0 Å². The number of rotatable bonds is 7. The number of nitrogens with zero attached hydrogens (tertiary/aromatic N) is 3. The number of halogens is 3. The zero-order valence-corrected chi connectivity index (χ0v) is 22.3. The van der Waals surface area contributed by atoms with Crippen molar-refractivity contribution in [1.29, 1.82) is 0 Å². The largest absolute Gasteiger partial charge is 0.416 e. The number of alkyl halides is 3. The highest BCUT2D eigenvalue weighted by molar-refractivity contribution is 7.99. The van der Waals surface area contributed by atoms with Gasteiger partial charge in [0.1, 0.15) is 0 Å². The highest BCUT2D eigenvalue weighted by atomic mass is 32.2. The predicted octanol–water partition coefficient (Wildman–Crippen LogP) is 4.13. The number of hydrogen-bond acceptors (Lipinski definition) is 6. The van der Waals surface area contributed by atoms with Gasteiger partial charge in [0.15, 0.2) is 0 Å². The van der Waals surface area contributed by atoms with Crippen molar-refractivity contribution in [3.63, 3.8) is 0 Å². The van der Waals surface area contributed by atoms with Crippen LogP contribution in [0.4, 0.5) is 13.2 Å². The normalized spacial score (nSPS) is 25.1. The number of aromatic nitrogens is 1. The molecule has 1 aromatic carbocycles. The molecule has 6 nitrogen and oxygen atoms in total. The van der Waals surface area contributed by atoms with Gasteiger partial charge in [0.05, 0.1) is 18.2 Å². The minimum Gasteiger partial charge on any atom is -0.381 e. The summed E-state index contributed by atoms with van der Waals surface area (Å²) in [6, 6.07) is 8.44. The number of likely N-dealkylation sites (tertiary alicyclic amines) is 1. The van der Waals surface area contributed by atoms with Crippen LogP contribution in [0, 0.1) is 0 Å². The Morgan fingerprint density at radius 1 is 1.16 bits per heavy atom. The Labute approximate surface area is 226 Å². The van der Waals surface area contributed by atoms with Crippen molar-refractivity contribution in [1.82, 2.24) is 20.1 Å². The molecule has 0 aliphatic carbocycles. The minimum absolute atomic E-state index is 0.0160. The second-order valence-corrected chi connectivity index (χ2v) is 11.7. The fourth-order valence-corrected chi connectivity index (χ4v) is 6.99. The number of fused-ring (bicyclic) bond motifs is 1. The molecule has 1 aromatic heterocycles. The number of ether oxygens (including phenoxy) is 1. The van der Waals surface area contributed by atoms with E-state index >= 15 is 0 Å². The maximum Gasteiger partial charge on any atom is 0.416 e. The van der Waals surface area contributed by atoms with E-state index in [1.807, 2.05) is 28.9 Å². The molecular formula is C28H35F3N4O2S. The predicted molar refractivity (Wildman–Crippen MR) is 142 cm³/mol. The first kappa shape index (κ1) is 27.4. The first-order valence-corrected chi connectivity index (χ1v) is 14.4. The van der Waals surface area contributed by atoms with Gasteiger partial charge in [-0.1, -0.05) is 12.1 Å². The summed E-state index contributed by atoms with van der Waals surface area (Å²) in [6.45, 7) is 4.50. The zero-order valence-electron chi connectivity index (χ0n) is 21.5. The number of carbonyl (C=O) groups is 1. The maximum atomic E-state index is 13.2. The summed E-state index contributed by atoms with van der Waals surface area (Å²) in [6.07, 6.45) is 3.10. The van der Waals surface area contributed by atoms with Gasteiger partial charge in [0.25, 0.3) is 0 Å². The third-order valence-electron chi connectivity index (χ3n) is 7.76. The highest BCUT2D eigenvalue weighted by Gasteiger charge is 2.38. The summed E-state index contributed by atoms with van der Waals surface area (Å²) in [7, 11) is 0. The molecule has 38 heavy (non-hydrogen) atoms. The Bertz CT molecular complexity index is 1080. The first-order chi connectivity index (χ1) is 18.3. The Balaban J connectivity index is 1.21. The molecule has 206 valence electrons. The number of thioether (sulfide) groups is 1. The van der Waals surface area contributed by atoms with Gasteiger partial charge in [-0.2, -0.15) is 24.9 Å². The standard InChI is InChI=1S/C28H35F3N4O2S/c29-28(30,31)23-6-5-21-7-10-34(15-22(21)13-23)18-27(36)33-25-16-35(24-4-2-11-37-12-8-24)17-26(25)38-19-20-3-1-9-32-14-20/h1,3,5-6,9,13-14,24-26H,2,4,7-8,10-12,15-19H2,(H,33,36)/t24?,25?,26-/m0/s1. The van der Waals surface area contributed by atoms with Gasteiger partial charge >= 0.3 is 6.18 Å². The molecule has 2 saturated heterocycles. The topological polar surface area (TPSA) is 57.7 Å². The van der Waals surface area contributed by atoms with Gasteiger partial charge in [-0.3, -0.25) is 19.6 Å². The number of benzene rings is 1. The smallest absolute Gasteiger partial charge is 0.381 e. The average molecular weight is 549 g/mol. The van der Waals surface area contributed by atoms with Crippen LogP contribution in [-0.4, -0.2) is 77.4 Å². The average Bonchev–Trinajstić information content (AvgIpc) is 3.09. The minimum atomic E-state index is -4.37. The second kappa shape index (κ2) is 12.4. The number of nitrogens with one attached hydrogen (secondary N) is 1. The maximum absolute atomic E-state index is 13.2. The van der Waals surface area contributed by atoms with Crippen LogP contribution >= 0.6 is 11.8 Å². The summed E-state index contributed by atoms with van der Waals surface area (Å²) in [5.74, 6) is 0.764.